The van der Waals surface area contributed by atoms with Crippen LogP contribution in [0.2, 0.25) is 0 Å². The van der Waals surface area contributed by atoms with Crippen molar-refractivity contribution >= 4 is 5.69 Å². The molecule has 0 aliphatic heterocycles. The van der Waals surface area contributed by atoms with E-state index in [9.17, 15) is 0 Å². The van der Waals surface area contributed by atoms with Crippen LogP contribution in [0.1, 0.15) is 11.5 Å². The van der Waals surface area contributed by atoms with Gasteiger partial charge in [0.25, 0.3) is 0 Å². The highest BCUT2D eigenvalue weighted by atomic mass is 16.3. The van der Waals surface area contributed by atoms with Gasteiger partial charge in [-0.15, -0.1) is 0 Å². The third-order valence-electron chi connectivity index (χ3n) is 1.21. The first-order chi connectivity index (χ1) is 4.74. The van der Waals surface area contributed by atoms with E-state index in [1.54, 1.807) is 6.92 Å². The summed E-state index contributed by atoms with van der Waals surface area (Å²) in [7, 11) is 0. The molecule has 0 saturated carbocycles. The minimum Gasteiger partial charge on any atom is -0.396 e. The quantitative estimate of drug-likeness (QED) is 0.568. The summed E-state index contributed by atoms with van der Waals surface area (Å²) < 4.78 is 0. The lowest BCUT2D eigenvalue weighted by Gasteiger charge is -1.98. The number of nitrogen functional groups attached to an aromatic ring is 1. The average molecular weight is 139 g/mol. The van der Waals surface area contributed by atoms with Crippen LogP contribution in [0.3, 0.4) is 0 Å². The summed E-state index contributed by atoms with van der Waals surface area (Å²) in [5.74, 6) is 0.409. The molecule has 1 aromatic rings. The van der Waals surface area contributed by atoms with Gasteiger partial charge in [0.05, 0.1) is 17.6 Å². The topological polar surface area (TPSA) is 72.0 Å². The van der Waals surface area contributed by atoms with Gasteiger partial charge in [0.1, 0.15) is 6.61 Å². The molecule has 10 heavy (non-hydrogen) atoms. The highest BCUT2D eigenvalue weighted by Crippen LogP contribution is 2.03. The molecule has 4 nitrogen and oxygen atoms in total. The summed E-state index contributed by atoms with van der Waals surface area (Å²) in [6, 6.07) is 0. The normalized spacial score (nSPS) is 9.80. The molecule has 54 valence electrons. The molecular weight excluding hydrogens is 130 g/mol. The predicted octanol–water partition coefficient (Wildman–Crippen LogP) is -0.140. The maximum Gasteiger partial charge on any atom is 0.154 e. The van der Waals surface area contributed by atoms with Crippen LogP contribution >= 0.6 is 0 Å². The second-order valence-electron chi connectivity index (χ2n) is 1.99. The van der Waals surface area contributed by atoms with Crippen molar-refractivity contribution in [3.8, 4) is 0 Å². The van der Waals surface area contributed by atoms with E-state index in [0.717, 1.165) is 0 Å². The Bertz CT molecular complexity index is 236. The first kappa shape index (κ1) is 6.95. The Hall–Kier alpha value is -1.16. The van der Waals surface area contributed by atoms with E-state index < -0.39 is 0 Å². The molecule has 0 aromatic carbocycles. The second kappa shape index (κ2) is 2.62. The van der Waals surface area contributed by atoms with Crippen LogP contribution in [0.5, 0.6) is 0 Å². The Balaban J connectivity index is 3.04. The summed E-state index contributed by atoms with van der Waals surface area (Å²) in [6.07, 6.45) is 1.49. The number of hydrogen-bond donors (Lipinski definition) is 2. The fourth-order valence-corrected chi connectivity index (χ4v) is 0.601. The van der Waals surface area contributed by atoms with Gasteiger partial charge in [0.2, 0.25) is 0 Å². The van der Waals surface area contributed by atoms with Gasteiger partial charge in [0, 0.05) is 0 Å². The summed E-state index contributed by atoms with van der Waals surface area (Å²) in [5, 5.41) is 8.59. The van der Waals surface area contributed by atoms with Gasteiger partial charge >= 0.3 is 0 Å². The number of aryl methyl sites for hydroxylation is 1. The van der Waals surface area contributed by atoms with Crippen molar-refractivity contribution < 1.29 is 5.11 Å². The lowest BCUT2D eigenvalue weighted by molar-refractivity contribution is 0.271. The number of aliphatic hydroxyl groups is 1. The van der Waals surface area contributed by atoms with Gasteiger partial charge < -0.3 is 10.8 Å². The fourth-order valence-electron chi connectivity index (χ4n) is 0.601. The number of anilines is 1. The minimum atomic E-state index is -0.138. The highest BCUT2D eigenvalue weighted by Gasteiger charge is 1.96. The molecule has 4 heteroatoms. The van der Waals surface area contributed by atoms with Crippen molar-refractivity contribution in [1.29, 1.82) is 0 Å². The zero-order chi connectivity index (χ0) is 7.56. The third-order valence-corrected chi connectivity index (χ3v) is 1.21. The van der Waals surface area contributed by atoms with E-state index in [1.165, 1.54) is 6.20 Å². The van der Waals surface area contributed by atoms with Crippen molar-refractivity contribution in [3.05, 3.63) is 17.7 Å². The number of nitrogens with two attached hydrogens (primary N) is 1. The van der Waals surface area contributed by atoms with E-state index in [1.807, 2.05) is 0 Å². The summed E-state index contributed by atoms with van der Waals surface area (Å²) in [5.41, 5.74) is 6.70. The SMILES string of the molecule is Cc1nc(CO)ncc1N. The van der Waals surface area contributed by atoms with Crippen LogP contribution in [0.25, 0.3) is 0 Å². The highest BCUT2D eigenvalue weighted by molar-refractivity contribution is 5.38. The fraction of sp³-hybridized carbons (Fsp3) is 0.333. The lowest BCUT2D eigenvalue weighted by Crippen LogP contribution is -2.00. The van der Waals surface area contributed by atoms with E-state index in [2.05, 4.69) is 9.97 Å². The number of hydrogen-bond acceptors (Lipinski definition) is 4. The van der Waals surface area contributed by atoms with Gasteiger partial charge in [-0.05, 0) is 6.92 Å². The van der Waals surface area contributed by atoms with Crippen LogP contribution in [0.4, 0.5) is 5.69 Å². The average Bonchev–Trinajstić information content (AvgIpc) is 1.95. The smallest absolute Gasteiger partial charge is 0.154 e. The summed E-state index contributed by atoms with van der Waals surface area (Å²) >= 11 is 0. The van der Waals surface area contributed by atoms with Crippen LogP contribution in [0.15, 0.2) is 6.20 Å². The molecular formula is C6H9N3O. The van der Waals surface area contributed by atoms with E-state index in [0.29, 0.717) is 17.2 Å². The Morgan fingerprint density at radius 3 is 2.90 bits per heavy atom. The number of rotatable bonds is 1. The Labute approximate surface area is 58.7 Å². The molecule has 0 bridgehead atoms. The third kappa shape index (κ3) is 1.22. The molecule has 0 saturated heterocycles. The van der Waals surface area contributed by atoms with Crippen LogP contribution in [-0.4, -0.2) is 15.1 Å². The van der Waals surface area contributed by atoms with Gasteiger partial charge in [-0.2, -0.15) is 0 Å². The molecule has 0 atom stereocenters. The zero-order valence-electron chi connectivity index (χ0n) is 5.70. The molecule has 0 amide bonds. The first-order valence-corrected chi connectivity index (χ1v) is 2.93. The molecule has 0 radical (unpaired) electrons. The molecule has 0 aliphatic rings. The Kier molecular flexibility index (Phi) is 1.82. The lowest BCUT2D eigenvalue weighted by atomic mass is 10.4. The maximum atomic E-state index is 8.59. The summed E-state index contributed by atoms with van der Waals surface area (Å²) in [6.45, 7) is 1.64. The van der Waals surface area contributed by atoms with Crippen molar-refractivity contribution in [2.45, 2.75) is 13.5 Å². The van der Waals surface area contributed by atoms with Crippen LogP contribution in [-0.2, 0) is 6.61 Å². The van der Waals surface area contributed by atoms with Crippen LogP contribution in [0, 0.1) is 6.92 Å². The molecule has 0 aliphatic carbocycles. The molecule has 1 aromatic heterocycles. The molecule has 1 rings (SSSR count). The number of aromatic nitrogens is 2. The number of nitrogens with zero attached hydrogens (tertiary/aromatic N) is 2. The van der Waals surface area contributed by atoms with E-state index >= 15 is 0 Å². The van der Waals surface area contributed by atoms with E-state index in [4.69, 9.17) is 10.8 Å². The predicted molar refractivity (Wildman–Crippen MR) is 37.1 cm³/mol. The van der Waals surface area contributed by atoms with Gasteiger partial charge in [-0.1, -0.05) is 0 Å². The van der Waals surface area contributed by atoms with Crippen molar-refractivity contribution in [2.75, 3.05) is 5.73 Å². The van der Waals surface area contributed by atoms with Crippen molar-refractivity contribution in [2.24, 2.45) is 0 Å². The molecule has 0 fully saturated rings. The molecule has 0 spiro atoms. The van der Waals surface area contributed by atoms with Gasteiger partial charge in [-0.3, -0.25) is 0 Å². The van der Waals surface area contributed by atoms with Crippen molar-refractivity contribution in [3.63, 3.8) is 0 Å². The van der Waals surface area contributed by atoms with Crippen LogP contribution < -0.4 is 5.73 Å². The second-order valence-corrected chi connectivity index (χ2v) is 1.99. The van der Waals surface area contributed by atoms with Gasteiger partial charge in [-0.25, -0.2) is 9.97 Å². The maximum absolute atomic E-state index is 8.59. The molecule has 1 heterocycles. The van der Waals surface area contributed by atoms with Gasteiger partial charge in [0.15, 0.2) is 5.82 Å². The Morgan fingerprint density at radius 1 is 1.70 bits per heavy atom. The monoisotopic (exact) mass is 139 g/mol. The minimum absolute atomic E-state index is 0.138. The van der Waals surface area contributed by atoms with Crippen molar-refractivity contribution in [1.82, 2.24) is 9.97 Å². The standard InChI is InChI=1S/C6H9N3O/c1-4-5(7)2-8-6(3-10)9-4/h2,10H,3,7H2,1H3. The summed E-state index contributed by atoms with van der Waals surface area (Å²) in [4.78, 5) is 7.68. The number of aliphatic hydroxyl groups excluding tert-OH is 1. The first-order valence-electron chi connectivity index (χ1n) is 2.93. The van der Waals surface area contributed by atoms with E-state index in [-0.39, 0.29) is 6.61 Å². The molecule has 0 unspecified atom stereocenters. The Morgan fingerprint density at radius 2 is 2.40 bits per heavy atom. The zero-order valence-corrected chi connectivity index (χ0v) is 5.70. The molecule has 3 N–H and O–H groups in total. The largest absolute Gasteiger partial charge is 0.396 e.